The van der Waals surface area contributed by atoms with E-state index in [2.05, 4.69) is 16.5 Å². The largest absolute Gasteiger partial charge is 0.454 e. The smallest absolute Gasteiger partial charge is 0.231 e. The maximum Gasteiger partial charge on any atom is 0.231 e. The van der Waals surface area contributed by atoms with Crippen LogP contribution < -0.4 is 14.8 Å². The first-order valence-corrected chi connectivity index (χ1v) is 8.11. The molecule has 1 amide bonds. The summed E-state index contributed by atoms with van der Waals surface area (Å²) in [4.78, 5) is 12.3. The maximum absolute atomic E-state index is 12.3. The van der Waals surface area contributed by atoms with Crippen molar-refractivity contribution in [2.45, 2.75) is 26.8 Å². The normalized spacial score (nSPS) is 12.6. The summed E-state index contributed by atoms with van der Waals surface area (Å²) in [5.74, 6) is 1.34. The van der Waals surface area contributed by atoms with Gasteiger partial charge in [0.15, 0.2) is 17.1 Å². The van der Waals surface area contributed by atoms with E-state index in [1.54, 1.807) is 0 Å². The lowest BCUT2D eigenvalue weighted by atomic mass is 10.0. The van der Waals surface area contributed by atoms with Gasteiger partial charge in [0.25, 0.3) is 0 Å². The summed E-state index contributed by atoms with van der Waals surface area (Å²) in [5, 5.41) is 7.89. The topological polar surface area (TPSA) is 73.6 Å². The van der Waals surface area contributed by atoms with Crippen LogP contribution >= 0.6 is 0 Å². The predicted molar refractivity (Wildman–Crippen MR) is 91.6 cm³/mol. The number of aryl methyl sites for hydroxylation is 2. The number of amides is 1. The molecular formula is C19H18N2O4. The molecule has 0 spiro atoms. The van der Waals surface area contributed by atoms with Crippen LogP contribution in [0.15, 0.2) is 34.9 Å². The highest BCUT2D eigenvalue weighted by Gasteiger charge is 2.16. The van der Waals surface area contributed by atoms with Gasteiger partial charge in [-0.3, -0.25) is 4.79 Å². The number of carbonyl (C=O) groups is 1. The summed E-state index contributed by atoms with van der Waals surface area (Å²) in [6, 6.07) is 9.63. The fourth-order valence-electron chi connectivity index (χ4n) is 3.11. The van der Waals surface area contributed by atoms with Gasteiger partial charge in [0.1, 0.15) is 5.69 Å². The molecule has 0 bridgehead atoms. The van der Waals surface area contributed by atoms with E-state index in [0.29, 0.717) is 18.0 Å². The van der Waals surface area contributed by atoms with Crippen LogP contribution in [0.4, 0.5) is 0 Å². The number of ether oxygens (including phenoxy) is 2. The van der Waals surface area contributed by atoms with Crippen LogP contribution in [-0.2, 0) is 17.8 Å². The number of carbonyl (C=O) groups excluding carboxylic acids is 1. The minimum Gasteiger partial charge on any atom is -0.454 e. The van der Waals surface area contributed by atoms with Gasteiger partial charge in [-0.2, -0.15) is 0 Å². The van der Waals surface area contributed by atoms with E-state index in [4.69, 9.17) is 14.0 Å². The van der Waals surface area contributed by atoms with Gasteiger partial charge in [0.2, 0.25) is 12.7 Å². The van der Waals surface area contributed by atoms with E-state index in [9.17, 15) is 4.79 Å². The molecule has 1 aliphatic rings. The zero-order valence-corrected chi connectivity index (χ0v) is 14.1. The van der Waals surface area contributed by atoms with E-state index in [1.165, 1.54) is 0 Å². The summed E-state index contributed by atoms with van der Waals surface area (Å²) in [6.07, 6.45) is 0.182. The van der Waals surface area contributed by atoms with Crippen molar-refractivity contribution >= 4 is 16.9 Å². The standard InChI is InChI=1S/C19H18N2O4/c1-11-5-12(2)19-14(21-25-17(19)6-11)8-18(22)20-9-13-3-4-15-16(7-13)24-10-23-15/h3-7H,8-10H2,1-2H3,(H,20,22). The van der Waals surface area contributed by atoms with Crippen molar-refractivity contribution in [2.24, 2.45) is 0 Å². The molecule has 0 saturated heterocycles. The van der Waals surface area contributed by atoms with Gasteiger partial charge in [-0.25, -0.2) is 0 Å². The van der Waals surface area contributed by atoms with Crippen molar-refractivity contribution in [3.63, 3.8) is 0 Å². The molecule has 6 nitrogen and oxygen atoms in total. The monoisotopic (exact) mass is 338 g/mol. The Morgan fingerprint density at radius 3 is 2.88 bits per heavy atom. The minimum absolute atomic E-state index is 0.104. The van der Waals surface area contributed by atoms with E-state index >= 15 is 0 Å². The van der Waals surface area contributed by atoms with Crippen molar-refractivity contribution in [3.8, 4) is 11.5 Å². The van der Waals surface area contributed by atoms with Crippen molar-refractivity contribution in [3.05, 3.63) is 52.7 Å². The van der Waals surface area contributed by atoms with E-state index in [-0.39, 0.29) is 19.1 Å². The molecule has 0 aliphatic carbocycles. The molecular weight excluding hydrogens is 320 g/mol. The van der Waals surface area contributed by atoms with Gasteiger partial charge in [-0.15, -0.1) is 0 Å². The van der Waals surface area contributed by atoms with Crippen LogP contribution in [0.2, 0.25) is 0 Å². The van der Waals surface area contributed by atoms with Gasteiger partial charge in [-0.05, 0) is 48.7 Å². The molecule has 0 fully saturated rings. The molecule has 6 heteroatoms. The molecule has 0 unspecified atom stereocenters. The third-order valence-electron chi connectivity index (χ3n) is 4.24. The third-order valence-corrected chi connectivity index (χ3v) is 4.24. The summed E-state index contributed by atoms with van der Waals surface area (Å²) in [5.41, 5.74) is 4.51. The van der Waals surface area contributed by atoms with Gasteiger partial charge >= 0.3 is 0 Å². The van der Waals surface area contributed by atoms with E-state index < -0.39 is 0 Å². The number of hydrogen-bond donors (Lipinski definition) is 1. The fraction of sp³-hybridized carbons (Fsp3) is 0.263. The van der Waals surface area contributed by atoms with Crippen molar-refractivity contribution < 1.29 is 18.8 Å². The van der Waals surface area contributed by atoms with E-state index in [1.807, 2.05) is 38.1 Å². The number of hydrogen-bond acceptors (Lipinski definition) is 5. The molecule has 0 saturated carbocycles. The number of aromatic nitrogens is 1. The Kier molecular flexibility index (Phi) is 3.80. The SMILES string of the molecule is Cc1cc(C)c2c(CC(=O)NCc3ccc4c(c3)OCO4)noc2c1. The maximum atomic E-state index is 12.3. The summed E-state index contributed by atoms with van der Waals surface area (Å²) >= 11 is 0. The molecule has 0 atom stereocenters. The van der Waals surface area contributed by atoms with Crippen LogP contribution in [0, 0.1) is 13.8 Å². The Hall–Kier alpha value is -3.02. The Balaban J connectivity index is 1.44. The third kappa shape index (κ3) is 3.03. The summed E-state index contributed by atoms with van der Waals surface area (Å²) in [6.45, 7) is 4.67. The van der Waals surface area contributed by atoms with Gasteiger partial charge in [-0.1, -0.05) is 17.3 Å². The lowest BCUT2D eigenvalue weighted by Crippen LogP contribution is -2.24. The molecule has 4 rings (SSSR count). The van der Waals surface area contributed by atoms with Gasteiger partial charge in [0, 0.05) is 11.9 Å². The quantitative estimate of drug-likeness (QED) is 0.791. The van der Waals surface area contributed by atoms with E-state index in [0.717, 1.165) is 33.4 Å². The Labute approximate surface area is 144 Å². The van der Waals surface area contributed by atoms with Gasteiger partial charge in [0.05, 0.1) is 6.42 Å². The van der Waals surface area contributed by atoms with Crippen LogP contribution in [0.1, 0.15) is 22.4 Å². The second-order valence-electron chi connectivity index (χ2n) is 6.23. The Morgan fingerprint density at radius 2 is 2.00 bits per heavy atom. The first kappa shape index (κ1) is 15.5. The molecule has 1 N–H and O–H groups in total. The molecule has 1 aliphatic heterocycles. The number of benzene rings is 2. The average Bonchev–Trinajstić information content (AvgIpc) is 3.19. The lowest BCUT2D eigenvalue weighted by molar-refractivity contribution is -0.120. The number of nitrogens with zero attached hydrogens (tertiary/aromatic N) is 1. The average molecular weight is 338 g/mol. The summed E-state index contributed by atoms with van der Waals surface area (Å²) < 4.78 is 16.0. The first-order valence-electron chi connectivity index (χ1n) is 8.11. The Bertz CT molecular complexity index is 961. The van der Waals surface area contributed by atoms with Crippen LogP contribution in [-0.4, -0.2) is 17.9 Å². The van der Waals surface area contributed by atoms with Crippen LogP contribution in [0.25, 0.3) is 11.0 Å². The fourth-order valence-corrected chi connectivity index (χ4v) is 3.11. The van der Waals surface area contributed by atoms with Crippen molar-refractivity contribution in [1.29, 1.82) is 0 Å². The summed E-state index contributed by atoms with van der Waals surface area (Å²) in [7, 11) is 0. The Morgan fingerprint density at radius 1 is 1.16 bits per heavy atom. The molecule has 25 heavy (non-hydrogen) atoms. The molecule has 0 radical (unpaired) electrons. The zero-order valence-electron chi connectivity index (χ0n) is 14.1. The number of fused-ring (bicyclic) bond motifs is 2. The molecule has 128 valence electrons. The second kappa shape index (κ2) is 6.12. The minimum atomic E-state index is -0.104. The van der Waals surface area contributed by atoms with Crippen molar-refractivity contribution in [2.75, 3.05) is 6.79 Å². The predicted octanol–water partition coefficient (Wildman–Crippen LogP) is 3.03. The van der Waals surface area contributed by atoms with Crippen molar-refractivity contribution in [1.82, 2.24) is 10.5 Å². The first-order chi connectivity index (χ1) is 12.1. The molecule has 2 heterocycles. The number of nitrogens with one attached hydrogen (secondary N) is 1. The highest BCUT2D eigenvalue weighted by Crippen LogP contribution is 2.32. The molecule has 1 aromatic heterocycles. The number of rotatable bonds is 4. The molecule has 3 aromatic rings. The van der Waals surface area contributed by atoms with Crippen LogP contribution in [0.3, 0.4) is 0 Å². The van der Waals surface area contributed by atoms with Crippen LogP contribution in [0.5, 0.6) is 11.5 Å². The lowest BCUT2D eigenvalue weighted by Gasteiger charge is -2.06. The molecule has 2 aromatic carbocycles. The highest BCUT2D eigenvalue weighted by molar-refractivity contribution is 5.88. The highest BCUT2D eigenvalue weighted by atomic mass is 16.7. The van der Waals surface area contributed by atoms with Gasteiger partial charge < -0.3 is 19.3 Å². The zero-order chi connectivity index (χ0) is 17.4. The second-order valence-corrected chi connectivity index (χ2v) is 6.23.